The van der Waals surface area contributed by atoms with Gasteiger partial charge in [-0.25, -0.2) is 9.49 Å². The molecule has 0 spiro atoms. The van der Waals surface area contributed by atoms with E-state index in [1.165, 1.54) is 0 Å². The number of hydrogen-bond donors (Lipinski definition) is 1. The zero-order valence-corrected chi connectivity index (χ0v) is 8.82. The van der Waals surface area contributed by atoms with Crippen LogP contribution in [-0.2, 0) is 6.18 Å². The van der Waals surface area contributed by atoms with Gasteiger partial charge in [-0.1, -0.05) is 17.4 Å². The Bertz CT molecular complexity index is 602. The number of halogens is 4. The van der Waals surface area contributed by atoms with E-state index in [2.05, 4.69) is 10.2 Å². The lowest BCUT2D eigenvalue weighted by Gasteiger charge is -2.08. The molecule has 0 saturated carbocycles. The molecular formula is C9H4F4N2OS. The molecular weight excluding hydrogens is 260 g/mol. The quantitative estimate of drug-likeness (QED) is 0.805. The fourth-order valence-electron chi connectivity index (χ4n) is 1.23. The van der Waals surface area contributed by atoms with Crippen molar-refractivity contribution >= 4 is 11.3 Å². The van der Waals surface area contributed by atoms with Crippen molar-refractivity contribution in [3.63, 3.8) is 0 Å². The van der Waals surface area contributed by atoms with Gasteiger partial charge >= 0.3 is 11.0 Å². The van der Waals surface area contributed by atoms with Crippen molar-refractivity contribution in [2.45, 2.75) is 6.18 Å². The van der Waals surface area contributed by atoms with Gasteiger partial charge in [0.15, 0.2) is 0 Å². The average Bonchev–Trinajstić information content (AvgIpc) is 2.62. The highest BCUT2D eigenvalue weighted by atomic mass is 32.1. The molecule has 8 heteroatoms. The Morgan fingerprint density at radius 2 is 2.00 bits per heavy atom. The van der Waals surface area contributed by atoms with E-state index in [-0.39, 0.29) is 10.6 Å². The van der Waals surface area contributed by atoms with Crippen molar-refractivity contribution in [1.82, 2.24) is 10.2 Å². The van der Waals surface area contributed by atoms with E-state index in [0.717, 1.165) is 6.07 Å². The van der Waals surface area contributed by atoms with Gasteiger partial charge in [0.25, 0.3) is 0 Å². The summed E-state index contributed by atoms with van der Waals surface area (Å²) < 4.78 is 50.0. The molecule has 0 atom stereocenters. The lowest BCUT2D eigenvalue weighted by atomic mass is 10.1. The minimum absolute atomic E-state index is 0.124. The number of rotatable bonds is 1. The lowest BCUT2D eigenvalue weighted by Crippen LogP contribution is -2.07. The van der Waals surface area contributed by atoms with Crippen LogP contribution < -0.4 is 4.87 Å². The smallest absolute Gasteiger partial charge is 0.255 e. The maximum atomic E-state index is 13.2. The predicted molar refractivity (Wildman–Crippen MR) is 53.1 cm³/mol. The standard InChI is InChI=1S/C9H4F4N2OS/c10-6-3-4(7-14-15-8(16)17-7)1-2-5(6)9(11,12)13/h1-3H,(H,15,16). The van der Waals surface area contributed by atoms with Crippen LogP contribution >= 0.6 is 11.3 Å². The largest absolute Gasteiger partial charge is 0.419 e. The Balaban J connectivity index is 2.48. The molecule has 0 unspecified atom stereocenters. The van der Waals surface area contributed by atoms with Crippen LogP contribution in [0.5, 0.6) is 0 Å². The third-order valence-corrected chi connectivity index (χ3v) is 2.76. The van der Waals surface area contributed by atoms with E-state index < -0.39 is 22.4 Å². The van der Waals surface area contributed by atoms with Crippen LogP contribution in [0.15, 0.2) is 23.0 Å². The zero-order chi connectivity index (χ0) is 12.6. The Morgan fingerprint density at radius 3 is 2.47 bits per heavy atom. The summed E-state index contributed by atoms with van der Waals surface area (Å²) >= 11 is 0.693. The molecule has 3 nitrogen and oxygen atoms in total. The zero-order valence-electron chi connectivity index (χ0n) is 8.01. The minimum Gasteiger partial charge on any atom is -0.255 e. The van der Waals surface area contributed by atoms with Gasteiger partial charge in [0, 0.05) is 5.56 Å². The highest BCUT2D eigenvalue weighted by molar-refractivity contribution is 7.12. The number of alkyl halides is 3. The van der Waals surface area contributed by atoms with E-state index >= 15 is 0 Å². The minimum atomic E-state index is -4.73. The SMILES string of the molecule is O=c1[nH]nc(-c2ccc(C(F)(F)F)c(F)c2)s1. The van der Waals surface area contributed by atoms with Gasteiger partial charge in [-0.3, -0.25) is 4.79 Å². The van der Waals surface area contributed by atoms with E-state index in [0.29, 0.717) is 23.5 Å². The Kier molecular flexibility index (Phi) is 2.74. The molecule has 0 radical (unpaired) electrons. The van der Waals surface area contributed by atoms with Crippen LogP contribution in [0.25, 0.3) is 10.6 Å². The van der Waals surface area contributed by atoms with Crippen molar-refractivity contribution < 1.29 is 17.6 Å². The second-order valence-electron chi connectivity index (χ2n) is 3.11. The molecule has 0 aliphatic rings. The van der Waals surface area contributed by atoms with E-state index in [9.17, 15) is 22.4 Å². The summed E-state index contributed by atoms with van der Waals surface area (Å²) in [5.41, 5.74) is -1.22. The first-order chi connectivity index (χ1) is 7.88. The highest BCUT2D eigenvalue weighted by Crippen LogP contribution is 2.33. The fraction of sp³-hybridized carbons (Fsp3) is 0.111. The van der Waals surface area contributed by atoms with Crippen LogP contribution in [-0.4, -0.2) is 10.2 Å². The summed E-state index contributed by atoms with van der Waals surface area (Å²) in [4.78, 5) is 10.3. The first-order valence-corrected chi connectivity index (χ1v) is 5.12. The summed E-state index contributed by atoms with van der Waals surface area (Å²) in [6.45, 7) is 0. The molecule has 0 aliphatic heterocycles. The normalized spacial score (nSPS) is 11.8. The van der Waals surface area contributed by atoms with Crippen molar-refractivity contribution in [1.29, 1.82) is 0 Å². The fourth-order valence-corrected chi connectivity index (χ4v) is 1.83. The van der Waals surface area contributed by atoms with Crippen LogP contribution in [0.4, 0.5) is 17.6 Å². The average molecular weight is 264 g/mol. The summed E-state index contributed by atoms with van der Waals surface area (Å²) in [6, 6.07) is 2.39. The number of hydrogen-bond acceptors (Lipinski definition) is 3. The molecule has 1 N–H and O–H groups in total. The van der Waals surface area contributed by atoms with Crippen molar-refractivity contribution in [3.05, 3.63) is 39.2 Å². The predicted octanol–water partition coefficient (Wildman–Crippen LogP) is 2.66. The maximum Gasteiger partial charge on any atom is 0.419 e. The van der Waals surface area contributed by atoms with Crippen molar-refractivity contribution in [3.8, 4) is 10.6 Å². The second kappa shape index (κ2) is 3.95. The molecule has 1 heterocycles. The van der Waals surface area contributed by atoms with Gasteiger partial charge in [0.1, 0.15) is 10.8 Å². The molecule has 0 saturated heterocycles. The highest BCUT2D eigenvalue weighted by Gasteiger charge is 2.34. The number of H-pyrrole nitrogens is 1. The molecule has 0 amide bonds. The van der Waals surface area contributed by atoms with Crippen LogP contribution in [0.3, 0.4) is 0 Å². The third-order valence-electron chi connectivity index (χ3n) is 1.96. The lowest BCUT2D eigenvalue weighted by molar-refractivity contribution is -0.139. The Labute approximate surface area is 95.7 Å². The van der Waals surface area contributed by atoms with Gasteiger partial charge in [0.2, 0.25) is 0 Å². The molecule has 90 valence electrons. The number of aromatic nitrogens is 2. The van der Waals surface area contributed by atoms with Gasteiger partial charge in [-0.2, -0.15) is 18.3 Å². The van der Waals surface area contributed by atoms with Crippen LogP contribution in [0.1, 0.15) is 5.56 Å². The van der Waals surface area contributed by atoms with Crippen LogP contribution in [0, 0.1) is 5.82 Å². The molecule has 1 aromatic carbocycles. The molecule has 1 aromatic heterocycles. The van der Waals surface area contributed by atoms with Crippen LogP contribution in [0.2, 0.25) is 0 Å². The number of aromatic amines is 1. The Morgan fingerprint density at radius 1 is 1.29 bits per heavy atom. The van der Waals surface area contributed by atoms with Crippen molar-refractivity contribution in [2.24, 2.45) is 0 Å². The number of benzene rings is 1. The number of nitrogens with zero attached hydrogens (tertiary/aromatic N) is 1. The van der Waals surface area contributed by atoms with E-state index in [1.807, 2.05) is 0 Å². The van der Waals surface area contributed by atoms with Gasteiger partial charge in [-0.15, -0.1) is 0 Å². The van der Waals surface area contributed by atoms with Gasteiger partial charge in [0.05, 0.1) is 5.56 Å². The third kappa shape index (κ3) is 2.36. The summed E-state index contributed by atoms with van der Waals surface area (Å²) in [7, 11) is 0. The van der Waals surface area contributed by atoms with Crippen molar-refractivity contribution in [2.75, 3.05) is 0 Å². The van der Waals surface area contributed by atoms with E-state index in [4.69, 9.17) is 0 Å². The Hall–Kier alpha value is -1.70. The maximum absolute atomic E-state index is 13.2. The van der Waals surface area contributed by atoms with Gasteiger partial charge in [-0.05, 0) is 12.1 Å². The van der Waals surface area contributed by atoms with Gasteiger partial charge < -0.3 is 0 Å². The van der Waals surface area contributed by atoms with E-state index in [1.54, 1.807) is 0 Å². The molecule has 0 fully saturated rings. The monoisotopic (exact) mass is 264 g/mol. The molecule has 0 aliphatic carbocycles. The first kappa shape index (κ1) is 11.8. The number of nitrogens with one attached hydrogen (secondary N) is 1. The summed E-state index contributed by atoms with van der Waals surface area (Å²) in [5, 5.41) is 5.79. The first-order valence-electron chi connectivity index (χ1n) is 4.30. The topological polar surface area (TPSA) is 45.8 Å². The summed E-state index contributed by atoms with van der Waals surface area (Å²) in [5.74, 6) is -1.39. The summed E-state index contributed by atoms with van der Waals surface area (Å²) in [6.07, 6.45) is -4.73. The second-order valence-corrected chi connectivity index (χ2v) is 4.07. The molecule has 2 rings (SSSR count). The molecule has 2 aromatic rings. The molecule has 17 heavy (non-hydrogen) atoms. The molecule has 0 bridgehead atoms.